The second kappa shape index (κ2) is 9.10. The number of likely N-dealkylation sites (N-methyl/N-ethyl adjacent to an activating group) is 1. The van der Waals surface area contributed by atoms with Gasteiger partial charge in [0.15, 0.2) is 5.96 Å². The molecule has 1 aromatic heterocycles. The van der Waals surface area contributed by atoms with Gasteiger partial charge in [-0.3, -0.25) is 4.79 Å². The molecule has 7 heteroatoms. The number of pyridine rings is 1. The summed E-state index contributed by atoms with van der Waals surface area (Å²) >= 11 is 0. The maximum atomic E-state index is 11.7. The lowest BCUT2D eigenvalue weighted by Gasteiger charge is -2.16. The van der Waals surface area contributed by atoms with Crippen molar-refractivity contribution < 1.29 is 4.79 Å². The molecule has 7 nitrogen and oxygen atoms in total. The second-order valence-corrected chi connectivity index (χ2v) is 6.06. The molecular formula is C17H28N6O. The Balaban J connectivity index is 1.91. The average molecular weight is 332 g/mol. The number of carbonyl (C=O) groups excluding carboxylic acids is 1. The van der Waals surface area contributed by atoms with Gasteiger partial charge in [-0.2, -0.15) is 0 Å². The summed E-state index contributed by atoms with van der Waals surface area (Å²) in [6.45, 7) is 5.69. The molecule has 1 fully saturated rings. The molecule has 1 amide bonds. The topological polar surface area (TPSA) is 72.9 Å². The van der Waals surface area contributed by atoms with E-state index in [1.54, 1.807) is 19.0 Å². The number of rotatable bonds is 6. The van der Waals surface area contributed by atoms with E-state index in [1.165, 1.54) is 12.8 Å². The van der Waals surface area contributed by atoms with Gasteiger partial charge in [-0.1, -0.05) is 6.07 Å². The van der Waals surface area contributed by atoms with Crippen molar-refractivity contribution in [3.8, 4) is 0 Å². The fourth-order valence-electron chi connectivity index (χ4n) is 2.47. The highest BCUT2D eigenvalue weighted by atomic mass is 16.2. The molecule has 0 spiro atoms. The van der Waals surface area contributed by atoms with Crippen LogP contribution in [0.4, 0.5) is 5.82 Å². The van der Waals surface area contributed by atoms with Crippen molar-refractivity contribution in [2.24, 2.45) is 4.99 Å². The SMILES string of the molecule is CCNC(=NCc1ccc(N2CCCC2)nc1)NCC(=O)N(C)C. The van der Waals surface area contributed by atoms with Gasteiger partial charge in [-0.25, -0.2) is 9.98 Å². The van der Waals surface area contributed by atoms with Gasteiger partial charge in [0.25, 0.3) is 0 Å². The lowest BCUT2D eigenvalue weighted by molar-refractivity contribution is -0.127. The Labute approximate surface area is 144 Å². The highest BCUT2D eigenvalue weighted by Crippen LogP contribution is 2.17. The van der Waals surface area contributed by atoms with E-state index in [0.29, 0.717) is 12.5 Å². The Morgan fingerprint density at radius 1 is 1.29 bits per heavy atom. The first-order chi connectivity index (χ1) is 11.6. The number of anilines is 1. The molecule has 1 aromatic rings. The van der Waals surface area contributed by atoms with E-state index in [2.05, 4.69) is 37.6 Å². The van der Waals surface area contributed by atoms with Crippen molar-refractivity contribution in [1.82, 2.24) is 20.5 Å². The van der Waals surface area contributed by atoms with E-state index < -0.39 is 0 Å². The number of guanidine groups is 1. The molecule has 0 saturated carbocycles. The van der Waals surface area contributed by atoms with Crippen LogP contribution in [0.2, 0.25) is 0 Å². The normalized spacial score (nSPS) is 14.6. The van der Waals surface area contributed by atoms with Crippen molar-refractivity contribution in [3.05, 3.63) is 23.9 Å². The van der Waals surface area contributed by atoms with Crippen LogP contribution in [0.1, 0.15) is 25.3 Å². The predicted molar refractivity (Wildman–Crippen MR) is 97.2 cm³/mol. The quantitative estimate of drug-likeness (QED) is 0.596. The fourth-order valence-corrected chi connectivity index (χ4v) is 2.47. The summed E-state index contributed by atoms with van der Waals surface area (Å²) in [6, 6.07) is 4.13. The third-order valence-electron chi connectivity index (χ3n) is 3.91. The Morgan fingerprint density at radius 2 is 2.04 bits per heavy atom. The van der Waals surface area contributed by atoms with Crippen molar-refractivity contribution in [3.63, 3.8) is 0 Å². The lowest BCUT2D eigenvalue weighted by atomic mass is 10.3. The van der Waals surface area contributed by atoms with Gasteiger partial charge in [-0.05, 0) is 31.4 Å². The molecule has 0 atom stereocenters. The van der Waals surface area contributed by atoms with Crippen LogP contribution >= 0.6 is 0 Å². The van der Waals surface area contributed by atoms with Crippen LogP contribution in [0, 0.1) is 0 Å². The van der Waals surface area contributed by atoms with Crippen LogP contribution in [0.25, 0.3) is 0 Å². The monoisotopic (exact) mass is 332 g/mol. The first-order valence-electron chi connectivity index (χ1n) is 8.52. The number of hydrogen-bond donors (Lipinski definition) is 2. The van der Waals surface area contributed by atoms with Gasteiger partial charge < -0.3 is 20.4 Å². The minimum atomic E-state index is 0.0113. The van der Waals surface area contributed by atoms with Gasteiger partial charge in [0.05, 0.1) is 13.1 Å². The molecule has 1 aliphatic rings. The third-order valence-corrected chi connectivity index (χ3v) is 3.91. The number of aliphatic imine (C=N–C) groups is 1. The first kappa shape index (κ1) is 18.0. The Morgan fingerprint density at radius 3 is 2.62 bits per heavy atom. The number of amides is 1. The summed E-state index contributed by atoms with van der Waals surface area (Å²) in [5, 5.41) is 6.19. The van der Waals surface area contributed by atoms with Crippen LogP contribution in [-0.2, 0) is 11.3 Å². The zero-order chi connectivity index (χ0) is 17.4. The highest BCUT2D eigenvalue weighted by molar-refractivity contribution is 5.86. The van der Waals surface area contributed by atoms with E-state index >= 15 is 0 Å². The van der Waals surface area contributed by atoms with Crippen molar-refractivity contribution in [2.45, 2.75) is 26.3 Å². The van der Waals surface area contributed by atoms with Crippen molar-refractivity contribution >= 4 is 17.7 Å². The van der Waals surface area contributed by atoms with Crippen molar-refractivity contribution in [2.75, 3.05) is 45.2 Å². The molecule has 0 radical (unpaired) electrons. The minimum absolute atomic E-state index is 0.0113. The lowest BCUT2D eigenvalue weighted by Crippen LogP contribution is -2.42. The summed E-state index contributed by atoms with van der Waals surface area (Å²) in [7, 11) is 3.48. The Hall–Kier alpha value is -2.31. The largest absolute Gasteiger partial charge is 0.357 e. The number of carbonyl (C=O) groups is 1. The third kappa shape index (κ3) is 5.40. The molecular weight excluding hydrogens is 304 g/mol. The molecule has 2 heterocycles. The zero-order valence-electron chi connectivity index (χ0n) is 14.9. The predicted octanol–water partition coefficient (Wildman–Crippen LogP) is 0.825. The molecule has 0 bridgehead atoms. The summed E-state index contributed by atoms with van der Waals surface area (Å²) in [5.41, 5.74) is 1.05. The minimum Gasteiger partial charge on any atom is -0.357 e. The van der Waals surface area contributed by atoms with E-state index in [-0.39, 0.29) is 12.5 Å². The average Bonchev–Trinajstić information content (AvgIpc) is 3.12. The number of aromatic nitrogens is 1. The Kier molecular flexibility index (Phi) is 6.84. The molecule has 0 aliphatic carbocycles. The summed E-state index contributed by atoms with van der Waals surface area (Å²) in [4.78, 5) is 24.6. The van der Waals surface area contributed by atoms with Crippen LogP contribution in [0.3, 0.4) is 0 Å². The van der Waals surface area contributed by atoms with E-state index in [0.717, 1.165) is 31.0 Å². The van der Waals surface area contributed by atoms with E-state index in [1.807, 2.05) is 13.1 Å². The fraction of sp³-hybridized carbons (Fsp3) is 0.588. The molecule has 24 heavy (non-hydrogen) atoms. The van der Waals surface area contributed by atoms with Crippen molar-refractivity contribution in [1.29, 1.82) is 0 Å². The maximum absolute atomic E-state index is 11.7. The number of nitrogens with zero attached hydrogens (tertiary/aromatic N) is 4. The smallest absolute Gasteiger partial charge is 0.241 e. The maximum Gasteiger partial charge on any atom is 0.241 e. The molecule has 1 saturated heterocycles. The second-order valence-electron chi connectivity index (χ2n) is 6.06. The van der Waals surface area contributed by atoms with Gasteiger partial charge in [0.1, 0.15) is 5.82 Å². The van der Waals surface area contributed by atoms with Gasteiger partial charge in [0, 0.05) is 39.9 Å². The van der Waals surface area contributed by atoms with Gasteiger partial charge in [-0.15, -0.1) is 0 Å². The van der Waals surface area contributed by atoms with Crippen LogP contribution < -0.4 is 15.5 Å². The Bertz CT molecular complexity index is 549. The highest BCUT2D eigenvalue weighted by Gasteiger charge is 2.12. The number of nitrogens with one attached hydrogen (secondary N) is 2. The standard InChI is InChI=1S/C17H28N6O/c1-4-18-17(21-13-16(24)22(2)3)20-12-14-7-8-15(19-11-14)23-9-5-6-10-23/h7-8,11H,4-6,9-10,12-13H2,1-3H3,(H2,18,20,21). The van der Waals surface area contributed by atoms with Crippen LogP contribution in [-0.4, -0.2) is 62.0 Å². The first-order valence-corrected chi connectivity index (χ1v) is 8.52. The molecule has 0 unspecified atom stereocenters. The molecule has 2 N–H and O–H groups in total. The van der Waals surface area contributed by atoms with Crippen LogP contribution in [0.5, 0.6) is 0 Å². The van der Waals surface area contributed by atoms with Crippen LogP contribution in [0.15, 0.2) is 23.3 Å². The van der Waals surface area contributed by atoms with Gasteiger partial charge in [0.2, 0.25) is 5.91 Å². The van der Waals surface area contributed by atoms with Gasteiger partial charge >= 0.3 is 0 Å². The summed E-state index contributed by atoms with van der Waals surface area (Å²) < 4.78 is 0. The molecule has 0 aromatic carbocycles. The summed E-state index contributed by atoms with van der Waals surface area (Å²) in [6.07, 6.45) is 4.37. The van der Waals surface area contributed by atoms with E-state index in [4.69, 9.17) is 0 Å². The zero-order valence-corrected chi connectivity index (χ0v) is 14.9. The molecule has 132 valence electrons. The molecule has 1 aliphatic heterocycles. The number of hydrogen-bond acceptors (Lipinski definition) is 4. The summed E-state index contributed by atoms with van der Waals surface area (Å²) in [5.74, 6) is 1.69. The van der Waals surface area contributed by atoms with E-state index in [9.17, 15) is 4.79 Å². The molecule has 2 rings (SSSR count).